The van der Waals surface area contributed by atoms with Crippen LogP contribution in [0.25, 0.3) is 22.4 Å². The second-order valence-corrected chi connectivity index (χ2v) is 7.27. The molecular weight excluding hydrogens is 376 g/mol. The molecule has 2 aromatic heterocycles. The zero-order chi connectivity index (χ0) is 18.3. The molecule has 1 unspecified atom stereocenters. The third-order valence-corrected chi connectivity index (χ3v) is 5.43. The van der Waals surface area contributed by atoms with Gasteiger partial charge in [-0.25, -0.2) is 9.78 Å². The second-order valence-electron chi connectivity index (χ2n) is 5.89. The molecule has 1 saturated heterocycles. The van der Waals surface area contributed by atoms with E-state index in [1.165, 1.54) is 11.3 Å². The number of benzene rings is 1. The molecule has 4 rings (SSSR count). The van der Waals surface area contributed by atoms with Crippen molar-refractivity contribution in [2.75, 3.05) is 18.0 Å². The van der Waals surface area contributed by atoms with Gasteiger partial charge in [0.2, 0.25) is 0 Å². The Hall–Kier alpha value is -2.38. The molecular formula is C17H15ClN4O3S. The van der Waals surface area contributed by atoms with Crippen LogP contribution in [-0.4, -0.2) is 40.1 Å². The van der Waals surface area contributed by atoms with Gasteiger partial charge in [0.25, 0.3) is 6.01 Å². The predicted octanol–water partition coefficient (Wildman–Crippen LogP) is 2.61. The second kappa shape index (κ2) is 6.74. The Morgan fingerprint density at radius 1 is 1.54 bits per heavy atom. The summed E-state index contributed by atoms with van der Waals surface area (Å²) in [6, 6.07) is 3.67. The molecule has 9 heteroatoms. The number of carbonyl (C=O) groups excluding carboxylic acids is 1. The lowest BCUT2D eigenvalue weighted by Crippen LogP contribution is -2.48. The number of nitrogens with zero attached hydrogens (tertiary/aromatic N) is 3. The fourth-order valence-electron chi connectivity index (χ4n) is 3.08. The number of hydrogen-bond donors (Lipinski definition) is 2. The maximum atomic E-state index is 11.1. The highest BCUT2D eigenvalue weighted by molar-refractivity contribution is 7.10. The molecule has 0 saturated carbocycles. The lowest BCUT2D eigenvalue weighted by molar-refractivity contribution is 0.286. The van der Waals surface area contributed by atoms with Gasteiger partial charge in [0.15, 0.2) is 5.58 Å². The van der Waals surface area contributed by atoms with E-state index in [2.05, 4.69) is 15.3 Å². The van der Waals surface area contributed by atoms with Gasteiger partial charge >= 0.3 is 0 Å². The van der Waals surface area contributed by atoms with Crippen molar-refractivity contribution in [3.05, 3.63) is 33.2 Å². The normalized spacial score (nSPS) is 17.4. The number of fused-ring (bicyclic) bond motifs is 1. The number of halogens is 1. The number of anilines is 1. The first-order chi connectivity index (χ1) is 12.6. The molecule has 26 heavy (non-hydrogen) atoms. The van der Waals surface area contributed by atoms with Crippen molar-refractivity contribution >= 4 is 46.0 Å². The van der Waals surface area contributed by atoms with Crippen LogP contribution in [0.5, 0.6) is 0 Å². The van der Waals surface area contributed by atoms with Crippen molar-refractivity contribution in [1.82, 2.24) is 15.3 Å². The van der Waals surface area contributed by atoms with Gasteiger partial charge in [0.05, 0.1) is 28.7 Å². The van der Waals surface area contributed by atoms with Gasteiger partial charge in [-0.1, -0.05) is 11.6 Å². The van der Waals surface area contributed by atoms with Crippen LogP contribution in [0.3, 0.4) is 0 Å². The zero-order valence-electron chi connectivity index (χ0n) is 13.8. The molecule has 0 bridgehead atoms. The quantitative estimate of drug-likeness (QED) is 0.664. The van der Waals surface area contributed by atoms with Gasteiger partial charge in [-0.15, -0.1) is 11.3 Å². The first-order valence-electron chi connectivity index (χ1n) is 8.01. The number of aromatic nitrogens is 2. The standard InChI is InChI=1S/C17H15ClN4O3S/c1-9-13(6-23)19-2-3-22(9)17-21-12-5-10(18)4-11(16(12)25-17)15-14(7-24)26-8-20-15/h4-5,8-9,19,24H,2-3,7H2,1H3. The third kappa shape index (κ3) is 2.77. The smallest absolute Gasteiger partial charge is 0.299 e. The number of hydrogen-bond acceptors (Lipinski definition) is 8. The van der Waals surface area contributed by atoms with Crippen molar-refractivity contribution in [3.8, 4) is 11.3 Å². The molecule has 1 atom stereocenters. The first-order valence-corrected chi connectivity index (χ1v) is 9.27. The number of thiazole rings is 1. The lowest BCUT2D eigenvalue weighted by atomic mass is 10.1. The van der Waals surface area contributed by atoms with Crippen LogP contribution in [0.4, 0.5) is 6.01 Å². The van der Waals surface area contributed by atoms with Crippen LogP contribution >= 0.6 is 22.9 Å². The van der Waals surface area contributed by atoms with Crippen LogP contribution in [0, 0.1) is 0 Å². The molecule has 0 amide bonds. The fraction of sp³-hybridized carbons (Fsp3) is 0.294. The largest absolute Gasteiger partial charge is 0.423 e. The molecule has 1 aliphatic heterocycles. The van der Waals surface area contributed by atoms with E-state index in [4.69, 9.17) is 16.0 Å². The van der Waals surface area contributed by atoms with Crippen LogP contribution in [0.2, 0.25) is 5.02 Å². The summed E-state index contributed by atoms with van der Waals surface area (Å²) in [6.07, 6.45) is 0. The summed E-state index contributed by atoms with van der Waals surface area (Å²) in [7, 11) is 0. The van der Waals surface area contributed by atoms with Gasteiger partial charge in [-0.2, -0.15) is 4.98 Å². The van der Waals surface area contributed by atoms with Crippen molar-refractivity contribution < 1.29 is 14.3 Å². The summed E-state index contributed by atoms with van der Waals surface area (Å²) in [5.41, 5.74) is 4.61. The Kier molecular flexibility index (Phi) is 4.42. The van der Waals surface area contributed by atoms with Crippen LogP contribution in [0.1, 0.15) is 11.8 Å². The van der Waals surface area contributed by atoms with E-state index in [1.54, 1.807) is 17.6 Å². The van der Waals surface area contributed by atoms with Crippen molar-refractivity contribution in [2.45, 2.75) is 19.6 Å². The Balaban J connectivity index is 1.85. The summed E-state index contributed by atoms with van der Waals surface area (Å²) in [6.45, 7) is 3.01. The molecule has 1 aliphatic rings. The highest BCUT2D eigenvalue weighted by Crippen LogP contribution is 2.37. The summed E-state index contributed by atoms with van der Waals surface area (Å²) in [4.78, 5) is 22.6. The van der Waals surface area contributed by atoms with E-state index < -0.39 is 0 Å². The molecule has 7 nitrogen and oxygen atoms in total. The molecule has 0 radical (unpaired) electrons. The molecule has 134 valence electrons. The third-order valence-electron chi connectivity index (χ3n) is 4.39. The summed E-state index contributed by atoms with van der Waals surface area (Å²) < 4.78 is 6.05. The maximum Gasteiger partial charge on any atom is 0.299 e. The lowest BCUT2D eigenvalue weighted by Gasteiger charge is -2.33. The Morgan fingerprint density at radius 3 is 3.15 bits per heavy atom. The van der Waals surface area contributed by atoms with Gasteiger partial charge in [-0.05, 0) is 19.1 Å². The zero-order valence-corrected chi connectivity index (χ0v) is 15.4. The molecule has 1 aromatic carbocycles. The van der Waals surface area contributed by atoms with E-state index in [-0.39, 0.29) is 12.6 Å². The number of rotatable bonds is 3. The fourth-order valence-corrected chi connectivity index (χ4v) is 3.93. The SMILES string of the molecule is CC1C(=C=O)NCCN1c1nc2cc(Cl)cc(-c3ncsc3CO)c2o1. The van der Waals surface area contributed by atoms with Gasteiger partial charge in [-0.3, -0.25) is 0 Å². The van der Waals surface area contributed by atoms with E-state index in [9.17, 15) is 9.90 Å². The Labute approximate surface area is 157 Å². The number of oxazole rings is 1. The Bertz CT molecular complexity index is 1020. The van der Waals surface area contributed by atoms with E-state index in [1.807, 2.05) is 17.8 Å². The van der Waals surface area contributed by atoms with Crippen molar-refractivity contribution in [1.29, 1.82) is 0 Å². The average Bonchev–Trinajstić information content (AvgIpc) is 3.27. The molecule has 0 spiro atoms. The maximum absolute atomic E-state index is 11.1. The van der Waals surface area contributed by atoms with E-state index in [0.29, 0.717) is 52.2 Å². The number of aliphatic hydroxyl groups excluding tert-OH is 1. The van der Waals surface area contributed by atoms with Gasteiger partial charge in [0.1, 0.15) is 17.2 Å². The minimum absolute atomic E-state index is 0.114. The number of nitrogens with one attached hydrogen (secondary N) is 1. The molecule has 1 fully saturated rings. The minimum atomic E-state index is -0.222. The van der Waals surface area contributed by atoms with Crippen molar-refractivity contribution in [3.63, 3.8) is 0 Å². The van der Waals surface area contributed by atoms with Crippen LogP contribution in [0.15, 0.2) is 27.8 Å². The van der Waals surface area contributed by atoms with Crippen LogP contribution < -0.4 is 10.2 Å². The minimum Gasteiger partial charge on any atom is -0.423 e. The first kappa shape index (κ1) is 17.1. The molecule has 3 aromatic rings. The highest BCUT2D eigenvalue weighted by atomic mass is 35.5. The Morgan fingerprint density at radius 2 is 2.38 bits per heavy atom. The van der Waals surface area contributed by atoms with Crippen molar-refractivity contribution in [2.24, 2.45) is 0 Å². The summed E-state index contributed by atoms with van der Waals surface area (Å²) in [5.74, 6) is 1.93. The number of aliphatic hydroxyl groups is 1. The monoisotopic (exact) mass is 390 g/mol. The van der Waals surface area contributed by atoms with E-state index in [0.717, 1.165) is 4.88 Å². The molecule has 3 heterocycles. The van der Waals surface area contributed by atoms with Gasteiger partial charge in [0, 0.05) is 23.7 Å². The van der Waals surface area contributed by atoms with Gasteiger partial charge < -0.3 is 19.7 Å². The van der Waals surface area contributed by atoms with E-state index >= 15 is 0 Å². The topological polar surface area (TPSA) is 91.5 Å². The molecule has 2 N–H and O–H groups in total. The average molecular weight is 391 g/mol. The summed E-state index contributed by atoms with van der Waals surface area (Å²) >= 11 is 7.62. The van der Waals surface area contributed by atoms with Crippen LogP contribution in [-0.2, 0) is 11.4 Å². The summed E-state index contributed by atoms with van der Waals surface area (Å²) in [5, 5.41) is 13.1. The molecule has 0 aliphatic carbocycles. The number of piperazine rings is 1. The highest BCUT2D eigenvalue weighted by Gasteiger charge is 2.28. The predicted molar refractivity (Wildman–Crippen MR) is 100 cm³/mol.